The molecule has 4 rings (SSSR count). The number of pyridine rings is 1. The first-order valence-corrected chi connectivity index (χ1v) is 8.88. The third kappa shape index (κ3) is 3.09. The molecule has 0 saturated carbocycles. The van der Waals surface area contributed by atoms with Crippen LogP contribution in [0.4, 0.5) is 14.5 Å². The normalized spacial score (nSPS) is 16.5. The monoisotopic (exact) mass is 401 g/mol. The van der Waals surface area contributed by atoms with Gasteiger partial charge in [-0.1, -0.05) is 0 Å². The minimum absolute atomic E-state index is 0.0455. The van der Waals surface area contributed by atoms with Gasteiger partial charge >= 0.3 is 5.97 Å². The molecule has 0 bridgehead atoms. The van der Waals surface area contributed by atoms with Crippen molar-refractivity contribution in [2.24, 2.45) is 5.73 Å². The van der Waals surface area contributed by atoms with Crippen molar-refractivity contribution in [3.63, 3.8) is 0 Å². The summed E-state index contributed by atoms with van der Waals surface area (Å²) in [6.45, 7) is 0.618. The minimum Gasteiger partial charge on any atom is -0.508 e. The number of benzene rings is 2. The Morgan fingerprint density at radius 3 is 2.48 bits per heavy atom. The Bertz CT molecular complexity index is 1190. The fourth-order valence-electron chi connectivity index (χ4n) is 3.65. The van der Waals surface area contributed by atoms with Crippen molar-refractivity contribution >= 4 is 22.6 Å². The largest absolute Gasteiger partial charge is 0.508 e. The van der Waals surface area contributed by atoms with Crippen LogP contribution >= 0.6 is 0 Å². The molecule has 2 aromatic carbocycles. The third-order valence-corrected chi connectivity index (χ3v) is 5.06. The number of carbonyl (C=O) groups is 1. The molecule has 0 amide bonds. The number of phenols is 1. The molecule has 2 heterocycles. The van der Waals surface area contributed by atoms with Gasteiger partial charge in [0.15, 0.2) is 5.82 Å². The second kappa shape index (κ2) is 6.85. The minimum atomic E-state index is -1.51. The molecule has 7 nitrogen and oxygen atoms in total. The molecule has 0 radical (unpaired) electrons. The average Bonchev–Trinajstić information content (AvgIpc) is 3.09. The van der Waals surface area contributed by atoms with Gasteiger partial charge in [0.1, 0.15) is 22.8 Å². The van der Waals surface area contributed by atoms with Gasteiger partial charge < -0.3 is 25.4 Å². The van der Waals surface area contributed by atoms with Crippen LogP contribution in [0.15, 0.2) is 41.3 Å². The smallest absolute Gasteiger partial charge is 0.341 e. The number of aromatic hydroxyl groups is 1. The van der Waals surface area contributed by atoms with Crippen molar-refractivity contribution in [3.05, 3.63) is 63.9 Å². The zero-order valence-electron chi connectivity index (χ0n) is 15.1. The highest BCUT2D eigenvalue weighted by atomic mass is 19.1. The van der Waals surface area contributed by atoms with Gasteiger partial charge in [-0.05, 0) is 36.8 Å². The SMILES string of the molecule is NC1CCN(c2c(F)cc3c(=O)c(C(=O)O)cn(-c4ccc(O)cc4)c3c2F)C1. The molecule has 1 atom stereocenters. The van der Waals surface area contributed by atoms with E-state index in [1.807, 2.05) is 0 Å². The van der Waals surface area contributed by atoms with Crippen molar-refractivity contribution in [1.82, 2.24) is 4.57 Å². The molecule has 1 saturated heterocycles. The lowest BCUT2D eigenvalue weighted by Gasteiger charge is -2.22. The van der Waals surface area contributed by atoms with E-state index in [-0.39, 0.29) is 34.9 Å². The van der Waals surface area contributed by atoms with Gasteiger partial charge in [-0.3, -0.25) is 4.79 Å². The van der Waals surface area contributed by atoms with Crippen LogP contribution in [0.3, 0.4) is 0 Å². The number of aromatic carboxylic acids is 1. The maximum atomic E-state index is 15.6. The molecule has 1 aliphatic rings. The predicted octanol–water partition coefficient (Wildman–Crippen LogP) is 2.21. The zero-order valence-corrected chi connectivity index (χ0v) is 15.1. The molecule has 1 aliphatic heterocycles. The van der Waals surface area contributed by atoms with Crippen LogP contribution in [0, 0.1) is 11.6 Å². The first-order chi connectivity index (χ1) is 13.8. The zero-order chi connectivity index (χ0) is 20.9. The summed E-state index contributed by atoms with van der Waals surface area (Å²) < 4.78 is 31.6. The summed E-state index contributed by atoms with van der Waals surface area (Å²) in [5.41, 5.74) is 3.99. The molecule has 1 fully saturated rings. The van der Waals surface area contributed by atoms with E-state index in [1.165, 1.54) is 33.7 Å². The number of rotatable bonds is 3. The van der Waals surface area contributed by atoms with Gasteiger partial charge in [-0.15, -0.1) is 0 Å². The molecule has 29 heavy (non-hydrogen) atoms. The van der Waals surface area contributed by atoms with Gasteiger partial charge in [0.2, 0.25) is 5.43 Å². The molecule has 1 aromatic heterocycles. The number of nitrogens with two attached hydrogens (primary N) is 1. The molecule has 0 aliphatic carbocycles. The lowest BCUT2D eigenvalue weighted by atomic mass is 10.1. The Labute approximate surface area is 163 Å². The molecular formula is C20H17F2N3O4. The fraction of sp³-hybridized carbons (Fsp3) is 0.200. The highest BCUT2D eigenvalue weighted by Gasteiger charge is 2.28. The van der Waals surface area contributed by atoms with Crippen molar-refractivity contribution in [2.75, 3.05) is 18.0 Å². The first kappa shape index (κ1) is 18.9. The van der Waals surface area contributed by atoms with E-state index in [1.54, 1.807) is 0 Å². The van der Waals surface area contributed by atoms with Crippen molar-refractivity contribution in [2.45, 2.75) is 12.5 Å². The number of halogens is 2. The summed E-state index contributed by atoms with van der Waals surface area (Å²) in [5, 5.41) is 18.5. The standard InChI is InChI=1S/C20H17F2N3O4/c21-15-7-13-17(16(22)18(15)24-6-5-10(23)8-24)25(9-14(19(13)27)20(28)29)11-1-3-12(26)4-2-11/h1-4,7,9-10,26H,5-6,8,23H2,(H,28,29). The van der Waals surface area contributed by atoms with Crippen LogP contribution in [-0.2, 0) is 0 Å². The van der Waals surface area contributed by atoms with E-state index in [2.05, 4.69) is 0 Å². The number of carboxylic acid groups (broad SMARTS) is 1. The second-order valence-electron chi connectivity index (χ2n) is 6.98. The van der Waals surface area contributed by atoms with E-state index in [9.17, 15) is 24.2 Å². The second-order valence-corrected chi connectivity index (χ2v) is 6.98. The summed E-state index contributed by atoms with van der Waals surface area (Å²) in [4.78, 5) is 25.6. The number of fused-ring (bicyclic) bond motifs is 1. The summed E-state index contributed by atoms with van der Waals surface area (Å²) >= 11 is 0. The summed E-state index contributed by atoms with van der Waals surface area (Å²) in [6.07, 6.45) is 1.57. The Morgan fingerprint density at radius 1 is 1.21 bits per heavy atom. The first-order valence-electron chi connectivity index (χ1n) is 8.88. The van der Waals surface area contributed by atoms with Crippen molar-refractivity contribution in [3.8, 4) is 11.4 Å². The average molecular weight is 401 g/mol. The summed E-state index contributed by atoms with van der Waals surface area (Å²) in [5.74, 6) is -3.49. The molecular weight excluding hydrogens is 384 g/mol. The quantitative estimate of drug-likeness (QED) is 0.621. The van der Waals surface area contributed by atoms with Crippen LogP contribution in [0.25, 0.3) is 16.6 Å². The molecule has 0 spiro atoms. The lowest BCUT2D eigenvalue weighted by Crippen LogP contribution is -2.28. The van der Waals surface area contributed by atoms with E-state index >= 15 is 4.39 Å². The van der Waals surface area contributed by atoms with Gasteiger partial charge in [-0.2, -0.15) is 0 Å². The Kier molecular flexibility index (Phi) is 4.46. The Morgan fingerprint density at radius 2 is 1.90 bits per heavy atom. The Balaban J connectivity index is 2.09. The van der Waals surface area contributed by atoms with Crippen molar-refractivity contribution in [1.29, 1.82) is 0 Å². The number of anilines is 1. The van der Waals surface area contributed by atoms with Crippen LogP contribution in [0.5, 0.6) is 5.75 Å². The number of carboxylic acids is 1. The molecule has 150 valence electrons. The van der Waals surface area contributed by atoms with Crippen LogP contribution in [-0.4, -0.2) is 39.9 Å². The van der Waals surface area contributed by atoms with E-state index in [4.69, 9.17) is 5.73 Å². The van der Waals surface area contributed by atoms with Crippen LogP contribution in [0.1, 0.15) is 16.8 Å². The lowest BCUT2D eigenvalue weighted by molar-refractivity contribution is 0.0695. The number of phenolic OH excluding ortho intramolecular Hbond substituents is 1. The number of hydrogen-bond donors (Lipinski definition) is 3. The molecule has 9 heteroatoms. The van der Waals surface area contributed by atoms with Gasteiger partial charge in [0.25, 0.3) is 0 Å². The Hall–Kier alpha value is -3.46. The van der Waals surface area contributed by atoms with Crippen molar-refractivity contribution < 1.29 is 23.8 Å². The maximum absolute atomic E-state index is 15.6. The topological polar surface area (TPSA) is 109 Å². The van der Waals surface area contributed by atoms with E-state index in [0.717, 1.165) is 12.3 Å². The maximum Gasteiger partial charge on any atom is 0.341 e. The van der Waals surface area contributed by atoms with Crippen LogP contribution < -0.4 is 16.1 Å². The highest BCUT2D eigenvalue weighted by Crippen LogP contribution is 2.33. The number of aromatic nitrogens is 1. The molecule has 3 aromatic rings. The summed E-state index contributed by atoms with van der Waals surface area (Å²) in [6, 6.07) is 6.17. The number of nitrogens with zero attached hydrogens (tertiary/aromatic N) is 2. The third-order valence-electron chi connectivity index (χ3n) is 5.06. The number of hydrogen-bond acceptors (Lipinski definition) is 5. The summed E-state index contributed by atoms with van der Waals surface area (Å²) in [7, 11) is 0. The highest BCUT2D eigenvalue weighted by molar-refractivity contribution is 5.94. The van der Waals surface area contributed by atoms with Gasteiger partial charge in [0.05, 0.1) is 10.9 Å². The predicted molar refractivity (Wildman–Crippen MR) is 103 cm³/mol. The fourth-order valence-corrected chi connectivity index (χ4v) is 3.65. The van der Waals surface area contributed by atoms with E-state index in [0.29, 0.717) is 18.7 Å². The van der Waals surface area contributed by atoms with Gasteiger partial charge in [-0.25, -0.2) is 13.6 Å². The van der Waals surface area contributed by atoms with Gasteiger partial charge in [0, 0.05) is 31.0 Å². The van der Waals surface area contributed by atoms with E-state index < -0.39 is 28.6 Å². The molecule has 1 unspecified atom stereocenters. The molecule has 4 N–H and O–H groups in total. The van der Waals surface area contributed by atoms with Crippen LogP contribution in [0.2, 0.25) is 0 Å².